The Morgan fingerprint density at radius 3 is 2.85 bits per heavy atom. The van der Waals surface area contributed by atoms with Crippen LogP contribution in [0.2, 0.25) is 0 Å². The van der Waals surface area contributed by atoms with Gasteiger partial charge in [0.15, 0.2) is 0 Å². The van der Waals surface area contributed by atoms with Crippen LogP contribution in [0.4, 0.5) is 0 Å². The molecular weight excluding hydrogens is 168 g/mol. The third-order valence-electron chi connectivity index (χ3n) is 1.67. The summed E-state index contributed by atoms with van der Waals surface area (Å²) in [5.41, 5.74) is -0.149. The molecule has 1 rings (SSSR count). The molecule has 0 aliphatic carbocycles. The van der Waals surface area contributed by atoms with Gasteiger partial charge in [-0.15, -0.1) is 0 Å². The topological polar surface area (TPSA) is 46.5 Å². The number of carbonyl (C=O) groups excluding carboxylic acids is 1. The molecule has 0 aromatic carbocycles. The van der Waals surface area contributed by atoms with E-state index in [1.165, 1.54) is 0 Å². The van der Waals surface area contributed by atoms with Crippen LogP contribution < -0.4 is 0 Å². The highest BCUT2D eigenvalue weighted by Gasteiger charge is 2.15. The number of aliphatic hydroxyl groups is 1. The van der Waals surface area contributed by atoms with E-state index < -0.39 is 5.60 Å². The molecule has 1 aliphatic heterocycles. The van der Waals surface area contributed by atoms with Crippen LogP contribution in [0.15, 0.2) is 23.8 Å². The van der Waals surface area contributed by atoms with E-state index in [2.05, 4.69) is 0 Å². The Balaban J connectivity index is 2.43. The van der Waals surface area contributed by atoms with Crippen molar-refractivity contribution in [1.82, 2.24) is 0 Å². The Morgan fingerprint density at radius 2 is 2.38 bits per heavy atom. The number of rotatable bonds is 3. The molecule has 0 amide bonds. The van der Waals surface area contributed by atoms with Gasteiger partial charge in [-0.3, -0.25) is 0 Å². The van der Waals surface area contributed by atoms with Crippen molar-refractivity contribution >= 4 is 5.97 Å². The lowest BCUT2D eigenvalue weighted by atomic mass is 10.1. The maximum absolute atomic E-state index is 10.9. The molecule has 0 atom stereocenters. The zero-order valence-corrected chi connectivity index (χ0v) is 7.91. The van der Waals surface area contributed by atoms with Crippen molar-refractivity contribution in [3.8, 4) is 0 Å². The predicted molar refractivity (Wildman–Crippen MR) is 49.1 cm³/mol. The lowest BCUT2D eigenvalue weighted by Gasteiger charge is -2.09. The van der Waals surface area contributed by atoms with Gasteiger partial charge in [-0.2, -0.15) is 0 Å². The van der Waals surface area contributed by atoms with Crippen molar-refractivity contribution in [2.75, 3.05) is 6.61 Å². The van der Waals surface area contributed by atoms with Crippen LogP contribution in [0.5, 0.6) is 0 Å². The fourth-order valence-electron chi connectivity index (χ4n) is 1.03. The summed E-state index contributed by atoms with van der Waals surface area (Å²) < 4.78 is 4.72. The molecule has 72 valence electrons. The van der Waals surface area contributed by atoms with Crippen LogP contribution in [-0.2, 0) is 9.53 Å². The summed E-state index contributed by atoms with van der Waals surface area (Å²) in [6, 6.07) is 0. The molecule has 1 N–H and O–H groups in total. The molecule has 0 fully saturated rings. The monoisotopic (exact) mass is 182 g/mol. The predicted octanol–water partition coefficient (Wildman–Crippen LogP) is 1.19. The molecule has 0 radical (unpaired) electrons. The second-order valence-electron chi connectivity index (χ2n) is 3.59. The zero-order chi connectivity index (χ0) is 9.90. The molecule has 13 heavy (non-hydrogen) atoms. The molecule has 0 aromatic rings. The first kappa shape index (κ1) is 9.99. The van der Waals surface area contributed by atoms with Gasteiger partial charge in [0.05, 0.1) is 5.60 Å². The van der Waals surface area contributed by atoms with Crippen molar-refractivity contribution in [3.05, 3.63) is 23.8 Å². The number of ether oxygens (including phenoxy) is 1. The fourth-order valence-corrected chi connectivity index (χ4v) is 1.03. The second-order valence-corrected chi connectivity index (χ2v) is 3.59. The van der Waals surface area contributed by atoms with Gasteiger partial charge in [0, 0.05) is 5.57 Å². The van der Waals surface area contributed by atoms with Gasteiger partial charge in [-0.25, -0.2) is 4.79 Å². The number of carbonyl (C=O) groups is 1. The summed E-state index contributed by atoms with van der Waals surface area (Å²) in [6.45, 7) is 3.75. The minimum absolute atomic E-state index is 0.250. The van der Waals surface area contributed by atoms with Gasteiger partial charge < -0.3 is 9.84 Å². The molecular formula is C10H14O3. The van der Waals surface area contributed by atoms with E-state index in [0.29, 0.717) is 18.6 Å². The fraction of sp³-hybridized carbons (Fsp3) is 0.500. The van der Waals surface area contributed by atoms with Gasteiger partial charge in [0.2, 0.25) is 0 Å². The number of allylic oxidation sites excluding steroid dienone is 1. The van der Waals surface area contributed by atoms with Gasteiger partial charge in [0.1, 0.15) is 6.61 Å². The van der Waals surface area contributed by atoms with Crippen molar-refractivity contribution in [2.24, 2.45) is 0 Å². The summed E-state index contributed by atoms with van der Waals surface area (Å²) >= 11 is 0. The van der Waals surface area contributed by atoms with E-state index >= 15 is 0 Å². The number of hydrogen-bond acceptors (Lipinski definition) is 3. The Bertz CT molecular complexity index is 256. The second kappa shape index (κ2) is 3.75. The average molecular weight is 182 g/mol. The molecule has 1 heterocycles. The minimum atomic E-state index is -0.816. The van der Waals surface area contributed by atoms with E-state index in [0.717, 1.165) is 0 Å². The Hall–Kier alpha value is -1.09. The zero-order valence-electron chi connectivity index (χ0n) is 7.91. The normalized spacial score (nSPS) is 17.8. The van der Waals surface area contributed by atoms with E-state index in [-0.39, 0.29) is 5.97 Å². The van der Waals surface area contributed by atoms with Crippen molar-refractivity contribution in [1.29, 1.82) is 0 Å². The van der Waals surface area contributed by atoms with E-state index in [9.17, 15) is 9.90 Å². The van der Waals surface area contributed by atoms with E-state index in [4.69, 9.17) is 4.74 Å². The van der Waals surface area contributed by atoms with Crippen molar-refractivity contribution in [3.63, 3.8) is 0 Å². The third-order valence-corrected chi connectivity index (χ3v) is 1.67. The highest BCUT2D eigenvalue weighted by Crippen LogP contribution is 2.12. The average Bonchev–Trinajstić information content (AvgIpc) is 2.34. The van der Waals surface area contributed by atoms with Crippen molar-refractivity contribution < 1.29 is 14.6 Å². The molecule has 3 heteroatoms. The molecule has 3 nitrogen and oxygen atoms in total. The summed E-state index contributed by atoms with van der Waals surface area (Å²) in [4.78, 5) is 10.9. The molecule has 0 aromatic heterocycles. The first-order valence-corrected chi connectivity index (χ1v) is 4.25. The molecule has 0 unspecified atom stereocenters. The smallest absolute Gasteiger partial charge is 0.334 e. The van der Waals surface area contributed by atoms with E-state index in [1.54, 1.807) is 32.1 Å². The first-order valence-electron chi connectivity index (χ1n) is 4.25. The molecule has 0 saturated carbocycles. The first-order chi connectivity index (χ1) is 5.99. The van der Waals surface area contributed by atoms with Crippen LogP contribution in [0.1, 0.15) is 20.3 Å². The summed E-state index contributed by atoms with van der Waals surface area (Å²) in [7, 11) is 0. The third kappa shape index (κ3) is 3.42. The van der Waals surface area contributed by atoms with Gasteiger partial charge in [-0.05, 0) is 26.3 Å². The van der Waals surface area contributed by atoms with Crippen LogP contribution in [0, 0.1) is 0 Å². The van der Waals surface area contributed by atoms with Gasteiger partial charge >= 0.3 is 5.97 Å². The SMILES string of the molecule is CC(C)(O)C=CCC1=CCOC1=O. The number of esters is 1. The lowest BCUT2D eigenvalue weighted by molar-refractivity contribution is -0.136. The van der Waals surface area contributed by atoms with Crippen molar-refractivity contribution in [2.45, 2.75) is 25.9 Å². The minimum Gasteiger partial charge on any atom is -0.458 e. The maximum Gasteiger partial charge on any atom is 0.334 e. The molecule has 0 bridgehead atoms. The highest BCUT2D eigenvalue weighted by molar-refractivity contribution is 5.90. The number of cyclic esters (lactones) is 1. The van der Waals surface area contributed by atoms with Crippen LogP contribution in [-0.4, -0.2) is 23.3 Å². The molecule has 1 aliphatic rings. The largest absolute Gasteiger partial charge is 0.458 e. The maximum atomic E-state index is 10.9. The van der Waals surface area contributed by atoms with Crippen LogP contribution in [0.25, 0.3) is 0 Å². The van der Waals surface area contributed by atoms with E-state index in [1.807, 2.05) is 0 Å². The van der Waals surface area contributed by atoms with Gasteiger partial charge in [-0.1, -0.05) is 12.2 Å². The molecule has 0 spiro atoms. The summed E-state index contributed by atoms with van der Waals surface area (Å²) in [5.74, 6) is -0.250. The van der Waals surface area contributed by atoms with Crippen LogP contribution >= 0.6 is 0 Å². The number of hydrogen-bond donors (Lipinski definition) is 1. The lowest BCUT2D eigenvalue weighted by Crippen LogP contribution is -2.13. The van der Waals surface area contributed by atoms with Crippen LogP contribution in [0.3, 0.4) is 0 Å². The molecule has 0 saturated heterocycles. The Labute approximate surface area is 77.7 Å². The quantitative estimate of drug-likeness (QED) is 0.526. The summed E-state index contributed by atoms with van der Waals surface area (Å²) in [6.07, 6.45) is 5.73. The summed E-state index contributed by atoms with van der Waals surface area (Å²) in [5, 5.41) is 9.34. The highest BCUT2D eigenvalue weighted by atomic mass is 16.5. The van der Waals surface area contributed by atoms with Gasteiger partial charge in [0.25, 0.3) is 0 Å². The standard InChI is InChI=1S/C10H14O3/c1-10(2,12)6-3-4-8-5-7-13-9(8)11/h3,5-6,12H,4,7H2,1-2H3. The Morgan fingerprint density at radius 1 is 1.69 bits per heavy atom. The Kier molecular flexibility index (Phi) is 2.88.